The lowest BCUT2D eigenvalue weighted by Gasteiger charge is -2.08. The summed E-state index contributed by atoms with van der Waals surface area (Å²) in [5.41, 5.74) is 6.64. The van der Waals surface area contributed by atoms with Gasteiger partial charge in [0.2, 0.25) is 11.7 Å². The van der Waals surface area contributed by atoms with E-state index in [1.165, 1.54) is 0 Å². The van der Waals surface area contributed by atoms with Gasteiger partial charge in [-0.25, -0.2) is 9.97 Å². The van der Waals surface area contributed by atoms with Crippen molar-refractivity contribution < 1.29 is 4.52 Å². The van der Waals surface area contributed by atoms with Gasteiger partial charge in [-0.3, -0.25) is 0 Å². The van der Waals surface area contributed by atoms with Gasteiger partial charge in [-0.05, 0) is 25.3 Å². The van der Waals surface area contributed by atoms with E-state index in [0.717, 1.165) is 6.42 Å². The average molecular weight is 247 g/mol. The number of aryl methyl sites for hydroxylation is 1. The van der Waals surface area contributed by atoms with Crippen molar-refractivity contribution in [3.8, 4) is 11.5 Å². The molecule has 0 spiro atoms. The monoisotopic (exact) mass is 247 g/mol. The van der Waals surface area contributed by atoms with Crippen molar-refractivity contribution >= 4 is 0 Å². The van der Waals surface area contributed by atoms with Crippen LogP contribution in [0.1, 0.15) is 38.0 Å². The molecule has 18 heavy (non-hydrogen) atoms. The first-order chi connectivity index (χ1) is 8.56. The maximum absolute atomic E-state index is 5.99. The van der Waals surface area contributed by atoms with Gasteiger partial charge in [0, 0.05) is 6.20 Å². The second-order valence-electron chi connectivity index (χ2n) is 4.68. The van der Waals surface area contributed by atoms with Crippen LogP contribution in [-0.4, -0.2) is 20.1 Å². The Morgan fingerprint density at radius 3 is 2.78 bits per heavy atom. The van der Waals surface area contributed by atoms with E-state index >= 15 is 0 Å². The van der Waals surface area contributed by atoms with Crippen LogP contribution in [0.3, 0.4) is 0 Å². The minimum Gasteiger partial charge on any atom is -0.337 e. The summed E-state index contributed by atoms with van der Waals surface area (Å²) in [4.78, 5) is 12.5. The minimum absolute atomic E-state index is 0.228. The molecule has 96 valence electrons. The van der Waals surface area contributed by atoms with Crippen LogP contribution in [0, 0.1) is 12.8 Å². The van der Waals surface area contributed by atoms with Crippen LogP contribution in [0.15, 0.2) is 16.8 Å². The molecule has 6 nitrogen and oxygen atoms in total. The lowest BCUT2D eigenvalue weighted by molar-refractivity contribution is 0.335. The van der Waals surface area contributed by atoms with Gasteiger partial charge in [-0.2, -0.15) is 4.98 Å². The Kier molecular flexibility index (Phi) is 3.66. The van der Waals surface area contributed by atoms with E-state index in [2.05, 4.69) is 34.0 Å². The summed E-state index contributed by atoms with van der Waals surface area (Å²) >= 11 is 0. The van der Waals surface area contributed by atoms with Gasteiger partial charge in [0.1, 0.15) is 11.5 Å². The van der Waals surface area contributed by atoms with Gasteiger partial charge >= 0.3 is 0 Å². The average Bonchev–Trinajstić information content (AvgIpc) is 2.77. The molecule has 2 rings (SSSR count). The Labute approximate surface area is 106 Å². The molecule has 0 fully saturated rings. The Hall–Kier alpha value is -1.82. The molecule has 1 unspecified atom stereocenters. The molecule has 1 atom stereocenters. The molecule has 2 N–H and O–H groups in total. The fraction of sp³-hybridized carbons (Fsp3) is 0.500. The first-order valence-electron chi connectivity index (χ1n) is 5.95. The highest BCUT2D eigenvalue weighted by atomic mass is 16.5. The fourth-order valence-corrected chi connectivity index (χ4v) is 1.68. The van der Waals surface area contributed by atoms with E-state index in [1.807, 2.05) is 6.92 Å². The summed E-state index contributed by atoms with van der Waals surface area (Å²) in [5, 5.41) is 3.90. The lowest BCUT2D eigenvalue weighted by atomic mass is 10.0. The predicted octanol–water partition coefficient (Wildman–Crippen LogP) is 1.88. The molecule has 6 heteroatoms. The van der Waals surface area contributed by atoms with E-state index in [0.29, 0.717) is 29.2 Å². The third-order valence-corrected chi connectivity index (χ3v) is 2.49. The van der Waals surface area contributed by atoms with Crippen molar-refractivity contribution in [2.45, 2.75) is 33.2 Å². The molecule has 0 amide bonds. The van der Waals surface area contributed by atoms with Crippen LogP contribution in [-0.2, 0) is 0 Å². The van der Waals surface area contributed by atoms with Crippen LogP contribution in [0.4, 0.5) is 0 Å². The summed E-state index contributed by atoms with van der Waals surface area (Å²) in [5.74, 6) is 2.06. The van der Waals surface area contributed by atoms with Gasteiger partial charge < -0.3 is 10.3 Å². The van der Waals surface area contributed by atoms with E-state index in [-0.39, 0.29) is 6.04 Å². The number of hydrogen-bond donors (Lipinski definition) is 1. The molecular formula is C12H17N5O. The zero-order chi connectivity index (χ0) is 13.1. The molecule has 0 aliphatic carbocycles. The van der Waals surface area contributed by atoms with Crippen molar-refractivity contribution in [2.24, 2.45) is 11.7 Å². The molecular weight excluding hydrogens is 230 g/mol. The first-order valence-corrected chi connectivity index (χ1v) is 5.95. The normalized spacial score (nSPS) is 12.9. The molecule has 0 saturated heterocycles. The summed E-state index contributed by atoms with van der Waals surface area (Å²) in [7, 11) is 0. The van der Waals surface area contributed by atoms with Crippen LogP contribution in [0.25, 0.3) is 11.5 Å². The molecule has 0 radical (unpaired) electrons. The first kappa shape index (κ1) is 12.6. The number of hydrogen-bond acceptors (Lipinski definition) is 6. The maximum atomic E-state index is 5.99. The Morgan fingerprint density at radius 1 is 1.33 bits per heavy atom. The molecule has 0 aromatic carbocycles. The summed E-state index contributed by atoms with van der Waals surface area (Å²) in [6.07, 6.45) is 2.48. The van der Waals surface area contributed by atoms with Gasteiger partial charge in [-0.15, -0.1) is 0 Å². The highest BCUT2D eigenvalue weighted by molar-refractivity contribution is 5.47. The molecule has 2 aromatic heterocycles. The minimum atomic E-state index is -0.228. The lowest BCUT2D eigenvalue weighted by Crippen LogP contribution is -2.13. The SMILES string of the molecule is Cc1nccc(-c2noc(C(N)CC(C)C)n2)n1. The highest BCUT2D eigenvalue weighted by Crippen LogP contribution is 2.20. The van der Waals surface area contributed by atoms with Gasteiger partial charge in [-0.1, -0.05) is 19.0 Å². The molecule has 2 heterocycles. The maximum Gasteiger partial charge on any atom is 0.243 e. The molecule has 0 saturated carbocycles. The zero-order valence-electron chi connectivity index (χ0n) is 10.8. The van der Waals surface area contributed by atoms with Crippen molar-refractivity contribution in [2.75, 3.05) is 0 Å². The van der Waals surface area contributed by atoms with Crippen molar-refractivity contribution in [3.05, 3.63) is 24.0 Å². The van der Waals surface area contributed by atoms with E-state index in [1.54, 1.807) is 12.3 Å². The quantitative estimate of drug-likeness (QED) is 0.887. The Bertz CT molecular complexity index is 523. The van der Waals surface area contributed by atoms with E-state index in [9.17, 15) is 0 Å². The number of nitrogens with two attached hydrogens (primary N) is 1. The summed E-state index contributed by atoms with van der Waals surface area (Å²) in [6.45, 7) is 6.02. The number of nitrogens with zero attached hydrogens (tertiary/aromatic N) is 4. The third kappa shape index (κ3) is 2.89. The van der Waals surface area contributed by atoms with Gasteiger partial charge in [0.05, 0.1) is 6.04 Å². The molecule has 0 bridgehead atoms. The zero-order valence-corrected chi connectivity index (χ0v) is 10.8. The molecule has 0 aliphatic heterocycles. The van der Waals surface area contributed by atoms with Crippen LogP contribution in [0.2, 0.25) is 0 Å². The van der Waals surface area contributed by atoms with Crippen molar-refractivity contribution in [1.29, 1.82) is 0 Å². The standard InChI is InChI=1S/C12H17N5O/c1-7(2)6-9(13)12-16-11(17-18-12)10-4-5-14-8(3)15-10/h4-5,7,9H,6,13H2,1-3H3. The second kappa shape index (κ2) is 5.22. The van der Waals surface area contributed by atoms with Gasteiger partial charge in [0.25, 0.3) is 0 Å². The van der Waals surface area contributed by atoms with Crippen molar-refractivity contribution in [3.63, 3.8) is 0 Å². The number of aromatic nitrogens is 4. The number of rotatable bonds is 4. The molecule has 0 aliphatic rings. The van der Waals surface area contributed by atoms with E-state index in [4.69, 9.17) is 10.3 Å². The largest absolute Gasteiger partial charge is 0.337 e. The van der Waals surface area contributed by atoms with Crippen molar-refractivity contribution in [1.82, 2.24) is 20.1 Å². The van der Waals surface area contributed by atoms with Gasteiger partial charge in [0.15, 0.2) is 0 Å². The fourth-order valence-electron chi connectivity index (χ4n) is 1.68. The smallest absolute Gasteiger partial charge is 0.243 e. The third-order valence-electron chi connectivity index (χ3n) is 2.49. The van der Waals surface area contributed by atoms with E-state index < -0.39 is 0 Å². The van der Waals surface area contributed by atoms with Crippen LogP contribution < -0.4 is 5.73 Å². The second-order valence-corrected chi connectivity index (χ2v) is 4.68. The summed E-state index contributed by atoms with van der Waals surface area (Å²) < 4.78 is 5.18. The molecule has 2 aromatic rings. The predicted molar refractivity (Wildman–Crippen MR) is 66.4 cm³/mol. The highest BCUT2D eigenvalue weighted by Gasteiger charge is 2.17. The Balaban J connectivity index is 2.20. The topological polar surface area (TPSA) is 90.7 Å². The Morgan fingerprint density at radius 2 is 2.11 bits per heavy atom. The van der Waals surface area contributed by atoms with Crippen LogP contribution >= 0.6 is 0 Å². The summed E-state index contributed by atoms with van der Waals surface area (Å²) in [6, 6.07) is 1.52. The van der Waals surface area contributed by atoms with Crippen LogP contribution in [0.5, 0.6) is 0 Å².